The van der Waals surface area contributed by atoms with Crippen molar-refractivity contribution >= 4 is 35.0 Å². The van der Waals surface area contributed by atoms with Crippen LogP contribution >= 0.6 is 23.2 Å². The van der Waals surface area contributed by atoms with E-state index in [0.717, 1.165) is 5.56 Å². The second kappa shape index (κ2) is 13.4. The van der Waals surface area contributed by atoms with E-state index in [1.807, 2.05) is 30.3 Å². The minimum absolute atomic E-state index is 0.00835. The van der Waals surface area contributed by atoms with E-state index < -0.39 is 30.1 Å². The van der Waals surface area contributed by atoms with E-state index in [1.54, 1.807) is 36.4 Å². The molecule has 0 aromatic heterocycles. The molecule has 226 valence electrons. The average Bonchev–Trinajstić information content (AvgIpc) is 3.41. The Morgan fingerprint density at radius 3 is 2.44 bits per heavy atom. The van der Waals surface area contributed by atoms with E-state index in [0.29, 0.717) is 38.2 Å². The van der Waals surface area contributed by atoms with Gasteiger partial charge >= 0.3 is 0 Å². The first-order valence-corrected chi connectivity index (χ1v) is 14.6. The first-order chi connectivity index (χ1) is 20.7. The van der Waals surface area contributed by atoms with E-state index in [1.165, 1.54) is 12.0 Å². The van der Waals surface area contributed by atoms with Gasteiger partial charge in [0.2, 0.25) is 11.8 Å². The van der Waals surface area contributed by atoms with Crippen LogP contribution < -0.4 is 14.8 Å². The number of rotatable bonds is 10. The fraction of sp³-hybridized carbons (Fsp3) is 0.312. The van der Waals surface area contributed by atoms with Crippen molar-refractivity contribution in [1.29, 1.82) is 0 Å². The van der Waals surface area contributed by atoms with Crippen LogP contribution in [0.1, 0.15) is 28.2 Å². The lowest BCUT2D eigenvalue weighted by atomic mass is 9.77. The lowest BCUT2D eigenvalue weighted by Gasteiger charge is -2.41. The number of methoxy groups -OCH3 is 1. The minimum atomic E-state index is -1.25. The topological polar surface area (TPSA) is 129 Å². The van der Waals surface area contributed by atoms with Gasteiger partial charge in [0.1, 0.15) is 12.2 Å². The first-order valence-electron chi connectivity index (χ1n) is 13.8. The Morgan fingerprint density at radius 2 is 1.77 bits per heavy atom. The molecule has 11 heteroatoms. The fourth-order valence-corrected chi connectivity index (χ4v) is 6.01. The number of benzene rings is 3. The number of carbonyl (C=O) groups excluding carboxylic acids is 2. The summed E-state index contributed by atoms with van der Waals surface area (Å²) in [7, 11) is 1.47. The molecular formula is C32H32Cl2N2O7. The van der Waals surface area contributed by atoms with Gasteiger partial charge in [-0.3, -0.25) is 9.59 Å². The number of nitrogens with one attached hydrogen (secondary N) is 1. The highest BCUT2D eigenvalue weighted by Gasteiger charge is 2.51. The molecule has 1 heterocycles. The van der Waals surface area contributed by atoms with Crippen LogP contribution in [-0.2, 0) is 29.2 Å². The zero-order chi connectivity index (χ0) is 30.7. The van der Waals surface area contributed by atoms with E-state index in [9.17, 15) is 24.9 Å². The summed E-state index contributed by atoms with van der Waals surface area (Å²) in [5, 5.41) is 34.5. The van der Waals surface area contributed by atoms with Crippen LogP contribution in [0.4, 0.5) is 0 Å². The molecule has 43 heavy (non-hydrogen) atoms. The number of hydrogen-bond acceptors (Lipinski definition) is 7. The van der Waals surface area contributed by atoms with Crippen molar-refractivity contribution in [1.82, 2.24) is 10.2 Å². The zero-order valence-electron chi connectivity index (χ0n) is 23.4. The van der Waals surface area contributed by atoms with Crippen molar-refractivity contribution in [3.8, 4) is 11.5 Å². The molecule has 1 aliphatic heterocycles. The number of ether oxygens (including phenoxy) is 2. The van der Waals surface area contributed by atoms with Gasteiger partial charge in [-0.25, -0.2) is 0 Å². The molecule has 5 rings (SSSR count). The predicted octanol–water partition coefficient (Wildman–Crippen LogP) is 3.39. The second-order valence-electron chi connectivity index (χ2n) is 10.4. The lowest BCUT2D eigenvalue weighted by Crippen LogP contribution is -2.55. The molecule has 1 aliphatic carbocycles. The Hall–Kier alpha value is -3.60. The summed E-state index contributed by atoms with van der Waals surface area (Å²) >= 11 is 12.4. The predicted molar refractivity (Wildman–Crippen MR) is 161 cm³/mol. The van der Waals surface area contributed by atoms with Crippen LogP contribution in [0.25, 0.3) is 0 Å². The van der Waals surface area contributed by atoms with Gasteiger partial charge < -0.3 is 35.0 Å². The maximum Gasteiger partial charge on any atom is 0.247 e. The van der Waals surface area contributed by atoms with Gasteiger partial charge in [-0.2, -0.15) is 0 Å². The molecular weight excluding hydrogens is 595 g/mol. The van der Waals surface area contributed by atoms with Crippen molar-refractivity contribution < 1.29 is 34.4 Å². The number of fused-ring (bicyclic) bond motifs is 3. The Morgan fingerprint density at radius 1 is 1.00 bits per heavy atom. The molecule has 4 unspecified atom stereocenters. The standard InChI is InChI=1S/C32H32Cl2N2O7/c1-42-26-13-20(17-38)11-21-28-22(32(41)35-9-10-37)15-25(29(40)31(28)43-30(21)26)36(16-19-7-8-23(33)24(34)12-19)27(39)14-18-5-3-2-4-6-18/h2-8,11-13,15,25,28-29,31,37-38,40H,9-10,14,16-17H2,1H3,(H,35,41). The maximum atomic E-state index is 14.0. The monoisotopic (exact) mass is 626 g/mol. The summed E-state index contributed by atoms with van der Waals surface area (Å²) in [6.45, 7) is -0.468. The molecule has 0 saturated carbocycles. The third kappa shape index (κ3) is 6.37. The van der Waals surface area contributed by atoms with E-state index in [4.69, 9.17) is 32.7 Å². The number of carbonyl (C=O) groups is 2. The number of aliphatic hydroxyl groups is 3. The third-order valence-electron chi connectivity index (χ3n) is 7.71. The highest BCUT2D eigenvalue weighted by molar-refractivity contribution is 6.42. The first kappa shape index (κ1) is 30.8. The van der Waals surface area contributed by atoms with Crippen molar-refractivity contribution in [2.75, 3.05) is 20.3 Å². The average molecular weight is 628 g/mol. The van der Waals surface area contributed by atoms with Gasteiger partial charge in [0, 0.05) is 24.2 Å². The number of aliphatic hydroxyl groups excluding tert-OH is 3. The molecule has 9 nitrogen and oxygen atoms in total. The largest absolute Gasteiger partial charge is 0.493 e. The van der Waals surface area contributed by atoms with Gasteiger partial charge in [0.15, 0.2) is 11.5 Å². The zero-order valence-corrected chi connectivity index (χ0v) is 24.9. The summed E-state index contributed by atoms with van der Waals surface area (Å²) in [4.78, 5) is 29.0. The molecule has 0 bridgehead atoms. The van der Waals surface area contributed by atoms with Crippen LogP contribution in [0.5, 0.6) is 11.5 Å². The Kier molecular flexibility index (Phi) is 9.59. The van der Waals surface area contributed by atoms with E-state index >= 15 is 0 Å². The van der Waals surface area contributed by atoms with Crippen LogP contribution in [0, 0.1) is 0 Å². The number of amides is 2. The van der Waals surface area contributed by atoms with Crippen molar-refractivity contribution in [3.05, 3.63) is 105 Å². The smallest absolute Gasteiger partial charge is 0.247 e. The molecule has 0 radical (unpaired) electrons. The molecule has 0 saturated heterocycles. The number of nitrogens with zero attached hydrogens (tertiary/aromatic N) is 1. The van der Waals surface area contributed by atoms with Crippen LogP contribution in [0.3, 0.4) is 0 Å². The lowest BCUT2D eigenvalue weighted by molar-refractivity contribution is -0.137. The van der Waals surface area contributed by atoms with E-state index in [-0.39, 0.29) is 44.2 Å². The fourth-order valence-electron chi connectivity index (χ4n) is 5.69. The van der Waals surface area contributed by atoms with Crippen molar-refractivity contribution in [2.24, 2.45) is 0 Å². The summed E-state index contributed by atoms with van der Waals surface area (Å²) in [5.74, 6) is -0.793. The SMILES string of the molecule is COc1cc(CO)cc2c1OC1C2C(C(=O)NCCO)=CC(N(Cc2ccc(Cl)c(Cl)c2)C(=O)Cc2ccccc2)C1O. The summed E-state index contributed by atoms with van der Waals surface area (Å²) < 4.78 is 11.8. The Bertz CT molecular complexity index is 1530. The van der Waals surface area contributed by atoms with Gasteiger partial charge in [0.05, 0.1) is 48.7 Å². The molecule has 4 atom stereocenters. The van der Waals surface area contributed by atoms with Crippen molar-refractivity contribution in [3.63, 3.8) is 0 Å². The molecule has 3 aromatic rings. The molecule has 0 spiro atoms. The number of halogens is 2. The minimum Gasteiger partial charge on any atom is -0.493 e. The van der Waals surface area contributed by atoms with Gasteiger partial charge in [0.25, 0.3) is 0 Å². The van der Waals surface area contributed by atoms with Crippen LogP contribution in [0.2, 0.25) is 10.0 Å². The van der Waals surface area contributed by atoms with Crippen LogP contribution in [0.15, 0.2) is 72.3 Å². The highest BCUT2D eigenvalue weighted by Crippen LogP contribution is 2.51. The van der Waals surface area contributed by atoms with Crippen LogP contribution in [-0.4, -0.2) is 70.5 Å². The normalized spacial score (nSPS) is 20.4. The van der Waals surface area contributed by atoms with Gasteiger partial charge in [-0.1, -0.05) is 59.6 Å². The number of hydrogen-bond donors (Lipinski definition) is 4. The molecule has 3 aromatic carbocycles. The molecule has 0 fully saturated rings. The molecule has 4 N–H and O–H groups in total. The molecule has 2 aliphatic rings. The Labute approximate surface area is 259 Å². The maximum absolute atomic E-state index is 14.0. The highest BCUT2D eigenvalue weighted by atomic mass is 35.5. The Balaban J connectivity index is 1.60. The summed E-state index contributed by atoms with van der Waals surface area (Å²) in [6, 6.07) is 16.6. The molecule has 2 amide bonds. The summed E-state index contributed by atoms with van der Waals surface area (Å²) in [6.07, 6.45) is -0.566. The second-order valence-corrected chi connectivity index (χ2v) is 11.3. The van der Waals surface area contributed by atoms with E-state index in [2.05, 4.69) is 5.32 Å². The van der Waals surface area contributed by atoms with Gasteiger partial charge in [-0.05, 0) is 47.0 Å². The summed E-state index contributed by atoms with van der Waals surface area (Å²) in [5.41, 5.74) is 2.84. The van der Waals surface area contributed by atoms with Gasteiger partial charge in [-0.15, -0.1) is 0 Å². The third-order valence-corrected chi connectivity index (χ3v) is 8.45. The quantitative estimate of drug-likeness (QED) is 0.271. The van der Waals surface area contributed by atoms with Crippen molar-refractivity contribution in [2.45, 2.75) is 43.7 Å².